The van der Waals surface area contributed by atoms with Gasteiger partial charge in [0.15, 0.2) is 0 Å². The summed E-state index contributed by atoms with van der Waals surface area (Å²) in [5.74, 6) is -0.121. The fourth-order valence-electron chi connectivity index (χ4n) is 3.71. The predicted octanol–water partition coefficient (Wildman–Crippen LogP) is 2.85. The average Bonchev–Trinajstić information content (AvgIpc) is 2.78. The predicted molar refractivity (Wildman–Crippen MR) is 119 cm³/mol. The molecular weight excluding hydrogens is 392 g/mol. The molecule has 0 unspecified atom stereocenters. The van der Waals surface area contributed by atoms with Gasteiger partial charge in [-0.25, -0.2) is 4.79 Å². The van der Waals surface area contributed by atoms with E-state index in [1.165, 1.54) is 0 Å². The Kier molecular flexibility index (Phi) is 7.85. The van der Waals surface area contributed by atoms with Crippen molar-refractivity contribution in [3.8, 4) is 6.07 Å². The van der Waals surface area contributed by atoms with Crippen molar-refractivity contribution < 1.29 is 14.3 Å². The van der Waals surface area contributed by atoms with Crippen molar-refractivity contribution in [1.82, 2.24) is 15.5 Å². The highest BCUT2D eigenvalue weighted by Gasteiger charge is 2.27. The molecule has 0 aliphatic carbocycles. The molecule has 1 heterocycles. The van der Waals surface area contributed by atoms with Crippen LogP contribution < -0.4 is 10.6 Å². The molecule has 0 saturated carbocycles. The highest BCUT2D eigenvalue weighted by atomic mass is 16.5. The van der Waals surface area contributed by atoms with Crippen LogP contribution in [0.25, 0.3) is 10.8 Å². The second kappa shape index (κ2) is 10.8. The Morgan fingerprint density at radius 2 is 1.81 bits per heavy atom. The first-order valence-electron chi connectivity index (χ1n) is 10.8. The second-order valence-electron chi connectivity index (χ2n) is 8.31. The van der Waals surface area contributed by atoms with E-state index in [4.69, 9.17) is 4.74 Å². The number of hydrogen-bond donors (Lipinski definition) is 2. The number of hydrogen-bond acceptors (Lipinski definition) is 4. The van der Waals surface area contributed by atoms with Crippen LogP contribution in [0.1, 0.15) is 25.8 Å². The van der Waals surface area contributed by atoms with Gasteiger partial charge < -0.3 is 20.3 Å². The lowest BCUT2D eigenvalue weighted by Gasteiger charge is -2.29. The molecule has 7 nitrogen and oxygen atoms in total. The van der Waals surface area contributed by atoms with E-state index in [-0.39, 0.29) is 17.9 Å². The van der Waals surface area contributed by atoms with Crippen LogP contribution in [0.4, 0.5) is 4.79 Å². The maximum Gasteiger partial charge on any atom is 0.318 e. The number of amides is 3. The van der Waals surface area contributed by atoms with Gasteiger partial charge in [0, 0.05) is 19.5 Å². The molecule has 7 heteroatoms. The summed E-state index contributed by atoms with van der Waals surface area (Å²) in [7, 11) is 0. The summed E-state index contributed by atoms with van der Waals surface area (Å²) in [6.45, 7) is 6.00. The quantitative estimate of drug-likeness (QED) is 0.717. The summed E-state index contributed by atoms with van der Waals surface area (Å²) >= 11 is 0. The molecule has 31 heavy (non-hydrogen) atoms. The monoisotopic (exact) mass is 422 g/mol. The van der Waals surface area contributed by atoms with Crippen molar-refractivity contribution in [2.45, 2.75) is 38.8 Å². The Morgan fingerprint density at radius 3 is 2.48 bits per heavy atom. The number of rotatable bonds is 7. The fourth-order valence-corrected chi connectivity index (χ4v) is 3.71. The van der Waals surface area contributed by atoms with Gasteiger partial charge >= 0.3 is 6.03 Å². The molecule has 3 rings (SSSR count). The van der Waals surface area contributed by atoms with Gasteiger partial charge in [0.2, 0.25) is 5.91 Å². The molecule has 2 atom stereocenters. The first-order valence-corrected chi connectivity index (χ1v) is 10.8. The lowest BCUT2D eigenvalue weighted by Crippen LogP contribution is -2.55. The molecule has 1 saturated heterocycles. The van der Waals surface area contributed by atoms with Crippen molar-refractivity contribution >= 4 is 22.7 Å². The highest BCUT2D eigenvalue weighted by molar-refractivity contribution is 5.87. The lowest BCUT2D eigenvalue weighted by atomic mass is 10.0. The summed E-state index contributed by atoms with van der Waals surface area (Å²) in [5.41, 5.74) is 0.975. The molecule has 0 radical (unpaired) electrons. The number of ether oxygens (including phenoxy) is 1. The number of carbonyl (C=O) groups excluding carboxylic acids is 2. The molecule has 2 aromatic rings. The van der Waals surface area contributed by atoms with Crippen molar-refractivity contribution in [1.29, 1.82) is 5.26 Å². The zero-order chi connectivity index (χ0) is 22.2. The van der Waals surface area contributed by atoms with Crippen LogP contribution in [-0.4, -0.2) is 55.2 Å². The number of nitrogens with zero attached hydrogens (tertiary/aromatic N) is 2. The first kappa shape index (κ1) is 22.6. The molecule has 1 aliphatic rings. The lowest BCUT2D eigenvalue weighted by molar-refractivity contribution is -0.123. The third kappa shape index (κ3) is 6.43. The van der Waals surface area contributed by atoms with E-state index in [9.17, 15) is 14.9 Å². The van der Waals surface area contributed by atoms with Gasteiger partial charge in [-0.05, 0) is 28.7 Å². The van der Waals surface area contributed by atoms with Gasteiger partial charge in [0.1, 0.15) is 12.1 Å². The van der Waals surface area contributed by atoms with Crippen LogP contribution in [-0.2, 0) is 16.0 Å². The van der Waals surface area contributed by atoms with Crippen LogP contribution in [0.5, 0.6) is 0 Å². The van der Waals surface area contributed by atoms with Crippen LogP contribution in [0, 0.1) is 17.2 Å². The number of urea groups is 1. The molecular formula is C24H30N4O3. The van der Waals surface area contributed by atoms with E-state index in [2.05, 4.69) is 16.7 Å². The van der Waals surface area contributed by atoms with Gasteiger partial charge in [0.25, 0.3) is 0 Å². The minimum Gasteiger partial charge on any atom is -0.378 e. The normalized spacial score (nSPS) is 15.9. The Balaban J connectivity index is 1.64. The maximum absolute atomic E-state index is 12.9. The molecule has 1 fully saturated rings. The van der Waals surface area contributed by atoms with E-state index >= 15 is 0 Å². The number of carbonyl (C=O) groups is 2. The third-order valence-electron chi connectivity index (χ3n) is 5.35. The molecule has 0 bridgehead atoms. The topological polar surface area (TPSA) is 94.5 Å². The van der Waals surface area contributed by atoms with Gasteiger partial charge in [-0.1, -0.05) is 56.3 Å². The minimum absolute atomic E-state index is 0.210. The number of morpholine rings is 1. The molecule has 1 aliphatic heterocycles. The Morgan fingerprint density at radius 1 is 1.10 bits per heavy atom. The Hall–Kier alpha value is -3.11. The van der Waals surface area contributed by atoms with Gasteiger partial charge in [-0.2, -0.15) is 5.26 Å². The van der Waals surface area contributed by atoms with Crippen molar-refractivity contribution in [3.05, 3.63) is 48.0 Å². The smallest absolute Gasteiger partial charge is 0.318 e. The van der Waals surface area contributed by atoms with E-state index in [0.29, 0.717) is 39.1 Å². The summed E-state index contributed by atoms with van der Waals surface area (Å²) in [5, 5.41) is 17.5. The number of fused-ring (bicyclic) bond motifs is 1. The first-order chi connectivity index (χ1) is 15.0. The number of nitriles is 1. The van der Waals surface area contributed by atoms with Crippen molar-refractivity contribution in [2.24, 2.45) is 5.92 Å². The summed E-state index contributed by atoms with van der Waals surface area (Å²) in [4.78, 5) is 27.2. The van der Waals surface area contributed by atoms with E-state index in [0.717, 1.165) is 16.3 Å². The summed E-state index contributed by atoms with van der Waals surface area (Å²) in [6.07, 6.45) is 0.898. The molecule has 0 aromatic heterocycles. The maximum atomic E-state index is 12.9. The van der Waals surface area contributed by atoms with E-state index in [1.54, 1.807) is 4.90 Å². The van der Waals surface area contributed by atoms with Crippen LogP contribution in [0.3, 0.4) is 0 Å². The number of nitrogens with one attached hydrogen (secondary N) is 2. The molecule has 3 amide bonds. The van der Waals surface area contributed by atoms with E-state index < -0.39 is 12.1 Å². The van der Waals surface area contributed by atoms with Gasteiger partial charge in [-0.3, -0.25) is 4.79 Å². The van der Waals surface area contributed by atoms with Crippen LogP contribution in [0.15, 0.2) is 42.5 Å². The van der Waals surface area contributed by atoms with Crippen LogP contribution >= 0.6 is 0 Å². The highest BCUT2D eigenvalue weighted by Crippen LogP contribution is 2.17. The average molecular weight is 423 g/mol. The second-order valence-corrected chi connectivity index (χ2v) is 8.31. The zero-order valence-electron chi connectivity index (χ0n) is 18.1. The van der Waals surface area contributed by atoms with Gasteiger partial charge in [0.05, 0.1) is 19.3 Å². The third-order valence-corrected chi connectivity index (χ3v) is 5.35. The minimum atomic E-state index is -0.692. The summed E-state index contributed by atoms with van der Waals surface area (Å²) < 4.78 is 5.28. The molecule has 164 valence electrons. The largest absolute Gasteiger partial charge is 0.378 e. The van der Waals surface area contributed by atoms with Crippen LogP contribution in [0.2, 0.25) is 0 Å². The van der Waals surface area contributed by atoms with E-state index in [1.807, 2.05) is 56.3 Å². The molecule has 2 aromatic carbocycles. The Bertz CT molecular complexity index is 947. The standard InChI is InChI=1S/C24H30N4O3/c1-17(2)13-22(27-24(30)28-9-11-31-12-10-28)23(29)26-21(16-25)15-18-7-8-19-5-3-4-6-20(19)14-18/h3-8,14,17,21-22H,9-13,15H2,1-2H3,(H,26,29)(H,27,30)/t21-,22-/m0/s1. The number of benzene rings is 2. The SMILES string of the molecule is CC(C)C[C@H](NC(=O)N1CCOCC1)C(=O)N[C@H](C#N)Cc1ccc2ccccc2c1. The van der Waals surface area contributed by atoms with Gasteiger partial charge in [-0.15, -0.1) is 0 Å². The Labute approximate surface area is 183 Å². The molecule has 2 N–H and O–H groups in total. The van der Waals surface area contributed by atoms with Crippen molar-refractivity contribution in [3.63, 3.8) is 0 Å². The summed E-state index contributed by atoms with van der Waals surface area (Å²) in [6, 6.07) is 14.6. The molecule has 0 spiro atoms. The fraction of sp³-hybridized carbons (Fsp3) is 0.458. The zero-order valence-corrected chi connectivity index (χ0v) is 18.1. The van der Waals surface area contributed by atoms with Crippen molar-refractivity contribution in [2.75, 3.05) is 26.3 Å².